The number of nitrogens with two attached hydrogens (primary N) is 1. The Balaban J connectivity index is 0.00000208. The molecule has 2 amide bonds. The van der Waals surface area contributed by atoms with Crippen molar-refractivity contribution in [2.24, 2.45) is 23.5 Å². The van der Waals surface area contributed by atoms with Crippen LogP contribution in [0.25, 0.3) is 0 Å². The van der Waals surface area contributed by atoms with E-state index in [1.807, 2.05) is 25.1 Å². The first-order valence-electron chi connectivity index (χ1n) is 8.05. The van der Waals surface area contributed by atoms with Crippen molar-refractivity contribution in [2.75, 3.05) is 11.9 Å². The molecule has 4 unspecified atom stereocenters. The summed E-state index contributed by atoms with van der Waals surface area (Å²) in [7, 11) is 0. The molecule has 0 heterocycles. The van der Waals surface area contributed by atoms with Crippen molar-refractivity contribution in [1.29, 1.82) is 0 Å². The van der Waals surface area contributed by atoms with Crippen LogP contribution in [0.3, 0.4) is 0 Å². The molecule has 4 N–H and O–H groups in total. The molecular formula is C17H23BrClN3O2. The molecule has 1 aromatic carbocycles. The largest absolute Gasteiger partial charge is 0.347 e. The number of carbonyl (C=O) groups is 2. The summed E-state index contributed by atoms with van der Waals surface area (Å²) in [4.78, 5) is 24.4. The number of hydrogen-bond donors (Lipinski definition) is 3. The summed E-state index contributed by atoms with van der Waals surface area (Å²) in [5, 5.41) is 5.58. The van der Waals surface area contributed by atoms with E-state index in [-0.39, 0.29) is 42.7 Å². The van der Waals surface area contributed by atoms with Crippen LogP contribution in [0.5, 0.6) is 0 Å². The number of aryl methyl sites for hydroxylation is 1. The Kier molecular flexibility index (Phi) is 6.28. The lowest BCUT2D eigenvalue weighted by atomic mass is 9.84. The molecule has 7 heteroatoms. The van der Waals surface area contributed by atoms with Gasteiger partial charge in [0.1, 0.15) is 0 Å². The van der Waals surface area contributed by atoms with Crippen molar-refractivity contribution in [3.05, 3.63) is 28.2 Å². The average molecular weight is 417 g/mol. The van der Waals surface area contributed by atoms with Crippen molar-refractivity contribution in [3.8, 4) is 0 Å². The van der Waals surface area contributed by atoms with Gasteiger partial charge in [0.05, 0.1) is 12.5 Å². The number of nitrogens with one attached hydrogen (secondary N) is 2. The zero-order valence-electron chi connectivity index (χ0n) is 13.5. The summed E-state index contributed by atoms with van der Waals surface area (Å²) in [6.45, 7) is 1.90. The Hall–Kier alpha value is -1.11. The Morgan fingerprint density at radius 1 is 1.29 bits per heavy atom. The number of fused-ring (bicyclic) bond motifs is 2. The highest BCUT2D eigenvalue weighted by Gasteiger charge is 2.48. The van der Waals surface area contributed by atoms with Gasteiger partial charge >= 0.3 is 0 Å². The summed E-state index contributed by atoms with van der Waals surface area (Å²) in [5.74, 6) is 0.440. The topological polar surface area (TPSA) is 84.2 Å². The molecule has 2 bridgehead atoms. The van der Waals surface area contributed by atoms with E-state index in [4.69, 9.17) is 5.73 Å². The molecule has 0 radical (unpaired) electrons. The van der Waals surface area contributed by atoms with Crippen molar-refractivity contribution < 1.29 is 9.59 Å². The molecule has 0 spiro atoms. The second-order valence-corrected chi connectivity index (χ2v) is 7.58. The first-order chi connectivity index (χ1) is 11.0. The average Bonchev–Trinajstić information content (AvgIpc) is 3.09. The molecule has 0 saturated heterocycles. The number of hydrogen-bond acceptors (Lipinski definition) is 3. The van der Waals surface area contributed by atoms with E-state index in [1.165, 1.54) is 0 Å². The third-order valence-corrected chi connectivity index (χ3v) is 5.67. The monoisotopic (exact) mass is 415 g/mol. The fourth-order valence-corrected chi connectivity index (χ4v) is 4.29. The highest BCUT2D eigenvalue weighted by Crippen LogP contribution is 2.47. The van der Waals surface area contributed by atoms with Gasteiger partial charge in [0.2, 0.25) is 11.8 Å². The maximum atomic E-state index is 12.3. The van der Waals surface area contributed by atoms with Gasteiger partial charge < -0.3 is 16.4 Å². The lowest BCUT2D eigenvalue weighted by Gasteiger charge is -2.26. The first-order valence-corrected chi connectivity index (χ1v) is 8.84. The highest BCUT2D eigenvalue weighted by atomic mass is 79.9. The second kappa shape index (κ2) is 7.85. The quantitative estimate of drug-likeness (QED) is 0.705. The number of amides is 2. The fourth-order valence-electron chi connectivity index (χ4n) is 3.93. The van der Waals surface area contributed by atoms with Crippen molar-refractivity contribution >= 4 is 45.8 Å². The smallest absolute Gasteiger partial charge is 0.243 e. The van der Waals surface area contributed by atoms with Crippen molar-refractivity contribution in [3.63, 3.8) is 0 Å². The van der Waals surface area contributed by atoms with Crippen LogP contribution < -0.4 is 16.4 Å². The van der Waals surface area contributed by atoms with Gasteiger partial charge in [0.15, 0.2) is 0 Å². The van der Waals surface area contributed by atoms with Crippen LogP contribution in [0.1, 0.15) is 24.8 Å². The van der Waals surface area contributed by atoms with Gasteiger partial charge in [0, 0.05) is 16.2 Å². The standard InChI is InChI=1S/C17H22BrN3O2.ClH/c1-9-2-5-12(18)7-13(9)21-14(22)8-20-17(23)15-10-3-4-11(6-10)16(15)19;/h2,5,7,10-11,15-16H,3-4,6,8,19H2,1H3,(H,20,23)(H,21,22);1H. The summed E-state index contributed by atoms with van der Waals surface area (Å²) < 4.78 is 0.899. The van der Waals surface area contributed by atoms with Gasteiger partial charge in [-0.25, -0.2) is 0 Å². The zero-order chi connectivity index (χ0) is 16.6. The molecule has 2 aliphatic carbocycles. The molecule has 2 aliphatic rings. The minimum atomic E-state index is -0.226. The van der Waals surface area contributed by atoms with E-state index >= 15 is 0 Å². The molecule has 2 fully saturated rings. The Morgan fingerprint density at radius 3 is 2.67 bits per heavy atom. The third kappa shape index (κ3) is 3.92. The number of carbonyl (C=O) groups excluding carboxylic acids is 2. The predicted molar refractivity (Wildman–Crippen MR) is 100 cm³/mol. The highest BCUT2D eigenvalue weighted by molar-refractivity contribution is 9.10. The van der Waals surface area contributed by atoms with E-state index in [1.54, 1.807) is 0 Å². The van der Waals surface area contributed by atoms with Crippen LogP contribution in [0, 0.1) is 24.7 Å². The van der Waals surface area contributed by atoms with Crippen LogP contribution in [-0.4, -0.2) is 24.4 Å². The van der Waals surface area contributed by atoms with Crippen molar-refractivity contribution in [2.45, 2.75) is 32.2 Å². The molecule has 24 heavy (non-hydrogen) atoms. The van der Waals surface area contributed by atoms with E-state index in [0.29, 0.717) is 11.8 Å². The van der Waals surface area contributed by atoms with E-state index in [0.717, 1.165) is 35.0 Å². The predicted octanol–water partition coefficient (Wildman–Crippen LogP) is 2.61. The van der Waals surface area contributed by atoms with Gasteiger partial charge in [-0.15, -0.1) is 12.4 Å². The van der Waals surface area contributed by atoms with Crippen LogP contribution >= 0.6 is 28.3 Å². The Bertz CT molecular complexity index is 638. The summed E-state index contributed by atoms with van der Waals surface area (Å²) >= 11 is 3.38. The molecule has 1 aromatic rings. The molecule has 0 aliphatic heterocycles. The van der Waals surface area contributed by atoms with Gasteiger partial charge in [-0.05, 0) is 55.7 Å². The fraction of sp³-hybridized carbons (Fsp3) is 0.529. The summed E-state index contributed by atoms with van der Waals surface area (Å²) in [6.07, 6.45) is 3.28. The van der Waals surface area contributed by atoms with E-state index in [2.05, 4.69) is 26.6 Å². The zero-order valence-corrected chi connectivity index (χ0v) is 16.0. The number of rotatable bonds is 4. The van der Waals surface area contributed by atoms with Crippen molar-refractivity contribution in [1.82, 2.24) is 5.32 Å². The SMILES string of the molecule is Cc1ccc(Br)cc1NC(=O)CNC(=O)C1C2CCC(C2)C1N.Cl. The first kappa shape index (κ1) is 19.2. The van der Waals surface area contributed by atoms with Gasteiger partial charge in [0.25, 0.3) is 0 Å². The normalized spacial score (nSPS) is 27.5. The Labute approximate surface area is 156 Å². The van der Waals surface area contributed by atoms with E-state index < -0.39 is 0 Å². The van der Waals surface area contributed by atoms with Crippen LogP contribution in [0.2, 0.25) is 0 Å². The second-order valence-electron chi connectivity index (χ2n) is 6.66. The minimum absolute atomic E-state index is 0. The lowest BCUT2D eigenvalue weighted by Crippen LogP contribution is -2.46. The molecule has 0 aromatic heterocycles. The molecule has 2 saturated carbocycles. The summed E-state index contributed by atoms with van der Waals surface area (Å²) in [6, 6.07) is 5.64. The van der Waals surface area contributed by atoms with E-state index in [9.17, 15) is 9.59 Å². The van der Waals surface area contributed by atoms with Crippen LogP contribution in [-0.2, 0) is 9.59 Å². The molecule has 3 rings (SSSR count). The van der Waals surface area contributed by atoms with Gasteiger partial charge in [-0.2, -0.15) is 0 Å². The molecule has 4 atom stereocenters. The van der Waals surface area contributed by atoms with Gasteiger partial charge in [-0.3, -0.25) is 9.59 Å². The number of anilines is 1. The lowest BCUT2D eigenvalue weighted by molar-refractivity contribution is -0.129. The maximum absolute atomic E-state index is 12.3. The summed E-state index contributed by atoms with van der Waals surface area (Å²) in [5.41, 5.74) is 7.89. The van der Waals surface area contributed by atoms with Crippen LogP contribution in [0.15, 0.2) is 22.7 Å². The third-order valence-electron chi connectivity index (χ3n) is 5.18. The number of benzene rings is 1. The molecular weight excluding hydrogens is 394 g/mol. The Morgan fingerprint density at radius 2 is 2.00 bits per heavy atom. The minimum Gasteiger partial charge on any atom is -0.347 e. The number of halogens is 2. The molecule has 5 nitrogen and oxygen atoms in total. The maximum Gasteiger partial charge on any atom is 0.243 e. The molecule has 132 valence electrons. The van der Waals surface area contributed by atoms with Gasteiger partial charge in [-0.1, -0.05) is 22.0 Å². The van der Waals surface area contributed by atoms with Crippen LogP contribution in [0.4, 0.5) is 5.69 Å².